The van der Waals surface area contributed by atoms with Gasteiger partial charge in [0.05, 0.1) is 5.52 Å². The predicted molar refractivity (Wildman–Crippen MR) is 113 cm³/mol. The van der Waals surface area contributed by atoms with Crippen LogP contribution < -0.4 is 16.3 Å². The average molecular weight is 395 g/mol. The highest BCUT2D eigenvalue weighted by Gasteiger charge is 2.14. The van der Waals surface area contributed by atoms with Crippen LogP contribution in [0.15, 0.2) is 41.2 Å². The summed E-state index contributed by atoms with van der Waals surface area (Å²) in [6.45, 7) is 6.79. The number of pyridine rings is 1. The molecule has 0 aliphatic carbocycles. The second kappa shape index (κ2) is 8.72. The quantitative estimate of drug-likeness (QED) is 0.643. The van der Waals surface area contributed by atoms with E-state index < -0.39 is 0 Å². The van der Waals surface area contributed by atoms with Crippen LogP contribution in [0.1, 0.15) is 32.3 Å². The van der Waals surface area contributed by atoms with E-state index in [0.717, 1.165) is 11.1 Å². The number of carbonyl (C=O) groups is 2. The number of fused-ring (bicyclic) bond motifs is 1. The topological polar surface area (TPSA) is 98.0 Å². The third kappa shape index (κ3) is 4.53. The minimum absolute atomic E-state index is 0.0357. The van der Waals surface area contributed by atoms with Crippen molar-refractivity contribution >= 4 is 34.5 Å². The number of nitrogens with zero attached hydrogens (tertiary/aromatic N) is 3. The minimum atomic E-state index is -0.309. The zero-order valence-electron chi connectivity index (χ0n) is 16.9. The van der Waals surface area contributed by atoms with Gasteiger partial charge in [-0.2, -0.15) is 0 Å². The van der Waals surface area contributed by atoms with E-state index in [4.69, 9.17) is 0 Å². The van der Waals surface area contributed by atoms with Crippen molar-refractivity contribution in [3.05, 3.63) is 52.4 Å². The van der Waals surface area contributed by atoms with Gasteiger partial charge in [-0.05, 0) is 45.0 Å². The number of imidazole rings is 1. The number of aryl methyl sites for hydroxylation is 3. The molecule has 3 aromatic rings. The Morgan fingerprint density at radius 3 is 2.14 bits per heavy atom. The minimum Gasteiger partial charge on any atom is -0.326 e. The van der Waals surface area contributed by atoms with Gasteiger partial charge in [-0.15, -0.1) is 0 Å². The largest absolute Gasteiger partial charge is 0.330 e. The normalized spacial score (nSPS) is 10.9. The summed E-state index contributed by atoms with van der Waals surface area (Å²) in [7, 11) is 0. The highest BCUT2D eigenvalue weighted by molar-refractivity contribution is 5.96. The first kappa shape index (κ1) is 20.3. The molecule has 1 aromatic carbocycles. The fourth-order valence-corrected chi connectivity index (χ4v) is 3.14. The summed E-state index contributed by atoms with van der Waals surface area (Å²) in [6.07, 6.45) is 0.0990. The van der Waals surface area contributed by atoms with E-state index in [-0.39, 0.29) is 30.3 Å². The Balaban J connectivity index is 1.63. The molecule has 0 atom stereocenters. The molecule has 0 fully saturated rings. The van der Waals surface area contributed by atoms with Crippen molar-refractivity contribution in [2.75, 3.05) is 10.6 Å². The summed E-state index contributed by atoms with van der Waals surface area (Å²) in [6, 6.07) is 10.9. The third-order valence-electron chi connectivity index (χ3n) is 4.68. The standard InChI is InChI=1S/C21H25N5O3/c1-4-25-16-10-11-17(24-20(16)26(5-2)21(25)29)23-19(28)13-12-18(27)22-15-8-6-14(3)7-9-15/h6-11H,4-5,12-13H2,1-3H3,(H,22,27)(H,23,24,28). The van der Waals surface area contributed by atoms with Crippen molar-refractivity contribution < 1.29 is 9.59 Å². The van der Waals surface area contributed by atoms with Gasteiger partial charge in [0, 0.05) is 31.6 Å². The van der Waals surface area contributed by atoms with Crippen LogP contribution in [0.2, 0.25) is 0 Å². The fourth-order valence-electron chi connectivity index (χ4n) is 3.14. The zero-order valence-corrected chi connectivity index (χ0v) is 16.9. The summed E-state index contributed by atoms with van der Waals surface area (Å²) >= 11 is 0. The number of hydrogen-bond donors (Lipinski definition) is 2. The van der Waals surface area contributed by atoms with E-state index in [1.807, 2.05) is 45.0 Å². The van der Waals surface area contributed by atoms with Crippen LogP contribution in [0, 0.1) is 6.92 Å². The molecule has 0 aliphatic rings. The highest BCUT2D eigenvalue weighted by Crippen LogP contribution is 2.15. The Kier molecular flexibility index (Phi) is 6.11. The van der Waals surface area contributed by atoms with Crippen LogP contribution in [0.25, 0.3) is 11.2 Å². The van der Waals surface area contributed by atoms with Crippen LogP contribution in [0.4, 0.5) is 11.5 Å². The molecule has 152 valence electrons. The van der Waals surface area contributed by atoms with E-state index in [1.165, 1.54) is 0 Å². The smallest absolute Gasteiger partial charge is 0.326 e. The summed E-state index contributed by atoms with van der Waals surface area (Å²) in [5.41, 5.74) is 2.96. The molecule has 0 saturated carbocycles. The molecule has 2 aromatic heterocycles. The van der Waals surface area contributed by atoms with E-state index in [1.54, 1.807) is 21.3 Å². The number of anilines is 2. The first-order valence-corrected chi connectivity index (χ1v) is 9.69. The Hall–Kier alpha value is -3.42. The number of carbonyl (C=O) groups excluding carboxylic acids is 2. The van der Waals surface area contributed by atoms with Crippen LogP contribution >= 0.6 is 0 Å². The lowest BCUT2D eigenvalue weighted by atomic mass is 10.2. The maximum atomic E-state index is 12.4. The number of hydrogen-bond acceptors (Lipinski definition) is 4. The molecule has 0 bridgehead atoms. The van der Waals surface area contributed by atoms with Gasteiger partial charge in [0.1, 0.15) is 5.82 Å². The van der Waals surface area contributed by atoms with Gasteiger partial charge in [-0.1, -0.05) is 17.7 Å². The zero-order chi connectivity index (χ0) is 21.0. The van der Waals surface area contributed by atoms with Gasteiger partial charge in [-0.3, -0.25) is 18.7 Å². The Bertz CT molecular complexity index is 1100. The van der Waals surface area contributed by atoms with Crippen LogP contribution in [0.3, 0.4) is 0 Å². The molecule has 0 saturated heterocycles. The Morgan fingerprint density at radius 2 is 1.52 bits per heavy atom. The summed E-state index contributed by atoms with van der Waals surface area (Å²) in [5.74, 6) is -0.180. The van der Waals surface area contributed by atoms with Crippen LogP contribution in [0.5, 0.6) is 0 Å². The summed E-state index contributed by atoms with van der Waals surface area (Å²) < 4.78 is 3.22. The molecule has 29 heavy (non-hydrogen) atoms. The first-order valence-electron chi connectivity index (χ1n) is 9.69. The number of amides is 2. The van der Waals surface area contributed by atoms with Crippen molar-refractivity contribution in [1.29, 1.82) is 0 Å². The highest BCUT2D eigenvalue weighted by atomic mass is 16.2. The predicted octanol–water partition coefficient (Wildman–Crippen LogP) is 2.90. The molecular weight excluding hydrogens is 370 g/mol. The van der Waals surface area contributed by atoms with Crippen molar-refractivity contribution in [2.24, 2.45) is 0 Å². The molecule has 8 nitrogen and oxygen atoms in total. The van der Waals surface area contributed by atoms with Gasteiger partial charge in [0.2, 0.25) is 11.8 Å². The molecule has 2 amide bonds. The molecule has 2 N–H and O–H groups in total. The van der Waals surface area contributed by atoms with E-state index >= 15 is 0 Å². The van der Waals surface area contributed by atoms with E-state index in [9.17, 15) is 14.4 Å². The lowest BCUT2D eigenvalue weighted by molar-refractivity contribution is -0.121. The molecule has 8 heteroatoms. The van der Waals surface area contributed by atoms with Gasteiger partial charge >= 0.3 is 5.69 Å². The number of rotatable bonds is 7. The van der Waals surface area contributed by atoms with E-state index in [0.29, 0.717) is 30.2 Å². The lowest BCUT2D eigenvalue weighted by Gasteiger charge is -2.07. The number of aromatic nitrogens is 3. The average Bonchev–Trinajstić information content (AvgIpc) is 2.98. The fraction of sp³-hybridized carbons (Fsp3) is 0.333. The van der Waals surface area contributed by atoms with Gasteiger partial charge in [0.25, 0.3) is 0 Å². The van der Waals surface area contributed by atoms with Gasteiger partial charge in [0.15, 0.2) is 5.65 Å². The SMILES string of the molecule is CCn1c(=O)n(CC)c2nc(NC(=O)CCC(=O)Nc3ccc(C)cc3)ccc21. The number of nitrogens with one attached hydrogen (secondary N) is 2. The molecule has 2 heterocycles. The van der Waals surface area contributed by atoms with Crippen molar-refractivity contribution in [1.82, 2.24) is 14.1 Å². The van der Waals surface area contributed by atoms with Crippen molar-refractivity contribution in [2.45, 2.75) is 46.7 Å². The molecule has 0 unspecified atom stereocenters. The molecule has 0 aliphatic heterocycles. The van der Waals surface area contributed by atoms with Crippen molar-refractivity contribution in [3.63, 3.8) is 0 Å². The molecule has 0 radical (unpaired) electrons. The Labute approximate surface area is 168 Å². The molecular formula is C21H25N5O3. The first-order chi connectivity index (χ1) is 13.9. The Morgan fingerprint density at radius 1 is 0.897 bits per heavy atom. The second-order valence-corrected chi connectivity index (χ2v) is 6.77. The van der Waals surface area contributed by atoms with Gasteiger partial charge < -0.3 is 10.6 Å². The monoisotopic (exact) mass is 395 g/mol. The maximum absolute atomic E-state index is 12.4. The summed E-state index contributed by atoms with van der Waals surface area (Å²) in [5, 5.41) is 5.47. The second-order valence-electron chi connectivity index (χ2n) is 6.77. The van der Waals surface area contributed by atoms with Crippen LogP contribution in [-0.2, 0) is 22.7 Å². The number of benzene rings is 1. The third-order valence-corrected chi connectivity index (χ3v) is 4.68. The molecule has 3 rings (SSSR count). The van der Waals surface area contributed by atoms with Gasteiger partial charge in [-0.25, -0.2) is 9.78 Å². The maximum Gasteiger partial charge on any atom is 0.330 e. The van der Waals surface area contributed by atoms with E-state index in [2.05, 4.69) is 15.6 Å². The van der Waals surface area contributed by atoms with Crippen LogP contribution in [-0.4, -0.2) is 25.9 Å². The lowest BCUT2D eigenvalue weighted by Crippen LogP contribution is -2.23. The van der Waals surface area contributed by atoms with Crippen molar-refractivity contribution in [3.8, 4) is 0 Å². The molecule has 0 spiro atoms. The summed E-state index contributed by atoms with van der Waals surface area (Å²) in [4.78, 5) is 41.1.